The fraction of sp³-hybridized carbons (Fsp3) is 0.500. The lowest BCUT2D eigenvalue weighted by molar-refractivity contribution is 0.0928. The predicted octanol–water partition coefficient (Wildman–Crippen LogP) is 1.30. The molecule has 1 amide bonds. The number of ether oxygens (including phenoxy) is 1. The smallest absolute Gasteiger partial charge is 0.251 e. The van der Waals surface area contributed by atoms with Crippen LogP contribution in [0.2, 0.25) is 0 Å². The third-order valence-corrected chi connectivity index (χ3v) is 3.32. The van der Waals surface area contributed by atoms with Crippen LogP contribution < -0.4 is 11.1 Å². The summed E-state index contributed by atoms with van der Waals surface area (Å²) in [6.07, 6.45) is 2.34. The second-order valence-corrected chi connectivity index (χ2v) is 4.74. The lowest BCUT2D eigenvalue weighted by atomic mass is 10.1. The molecular weight excluding hydrogens is 228 g/mol. The summed E-state index contributed by atoms with van der Waals surface area (Å²) >= 11 is 0. The van der Waals surface area contributed by atoms with Crippen molar-refractivity contribution in [3.05, 3.63) is 35.4 Å². The largest absolute Gasteiger partial charge is 0.380 e. The Balaban J connectivity index is 2.07. The van der Waals surface area contributed by atoms with E-state index in [-0.39, 0.29) is 11.9 Å². The molecule has 1 atom stereocenters. The van der Waals surface area contributed by atoms with Crippen molar-refractivity contribution in [2.45, 2.75) is 25.5 Å². The highest BCUT2D eigenvalue weighted by molar-refractivity contribution is 5.95. The van der Waals surface area contributed by atoms with Crippen LogP contribution in [0.15, 0.2) is 24.3 Å². The van der Waals surface area contributed by atoms with Gasteiger partial charge in [-0.1, -0.05) is 18.2 Å². The van der Waals surface area contributed by atoms with Gasteiger partial charge in [0.2, 0.25) is 0 Å². The van der Waals surface area contributed by atoms with Crippen LogP contribution in [0.25, 0.3) is 0 Å². The second kappa shape index (κ2) is 5.98. The van der Waals surface area contributed by atoms with E-state index in [9.17, 15) is 4.79 Å². The summed E-state index contributed by atoms with van der Waals surface area (Å²) in [5, 5.41) is 3.02. The number of nitrogens with one attached hydrogen (secondary N) is 1. The summed E-state index contributed by atoms with van der Waals surface area (Å²) < 4.78 is 5.11. The molecule has 1 aliphatic rings. The molecule has 1 unspecified atom stereocenters. The van der Waals surface area contributed by atoms with E-state index in [1.807, 2.05) is 24.3 Å². The summed E-state index contributed by atoms with van der Waals surface area (Å²) in [5.41, 5.74) is 7.28. The SMILES string of the molecule is COCc1ccccc1C(=O)NC(CN)C1CC1. The fourth-order valence-electron chi connectivity index (χ4n) is 2.14. The molecule has 2 rings (SSSR count). The molecule has 1 aromatic carbocycles. The predicted molar refractivity (Wildman–Crippen MR) is 70.2 cm³/mol. The topological polar surface area (TPSA) is 64.3 Å². The Labute approximate surface area is 108 Å². The molecule has 0 spiro atoms. The van der Waals surface area contributed by atoms with Crippen molar-refractivity contribution >= 4 is 5.91 Å². The van der Waals surface area contributed by atoms with Crippen LogP contribution in [0.4, 0.5) is 0 Å². The molecule has 0 saturated heterocycles. The number of methoxy groups -OCH3 is 1. The zero-order valence-corrected chi connectivity index (χ0v) is 10.7. The van der Waals surface area contributed by atoms with Gasteiger partial charge in [0.05, 0.1) is 6.61 Å². The van der Waals surface area contributed by atoms with Crippen LogP contribution in [0.3, 0.4) is 0 Å². The Morgan fingerprint density at radius 1 is 1.50 bits per heavy atom. The standard InChI is InChI=1S/C14H20N2O2/c1-18-9-11-4-2-3-5-12(11)14(17)16-13(8-15)10-6-7-10/h2-5,10,13H,6-9,15H2,1H3,(H,16,17). The van der Waals surface area contributed by atoms with Crippen LogP contribution >= 0.6 is 0 Å². The van der Waals surface area contributed by atoms with Gasteiger partial charge in [-0.25, -0.2) is 0 Å². The molecule has 1 aliphatic carbocycles. The third kappa shape index (κ3) is 3.09. The van der Waals surface area contributed by atoms with Gasteiger partial charge in [0.25, 0.3) is 5.91 Å². The molecule has 0 radical (unpaired) electrons. The lowest BCUT2D eigenvalue weighted by Gasteiger charge is -2.17. The second-order valence-electron chi connectivity index (χ2n) is 4.74. The molecule has 0 aliphatic heterocycles. The van der Waals surface area contributed by atoms with E-state index < -0.39 is 0 Å². The van der Waals surface area contributed by atoms with Crippen molar-refractivity contribution < 1.29 is 9.53 Å². The average molecular weight is 248 g/mol. The minimum absolute atomic E-state index is 0.0509. The molecule has 18 heavy (non-hydrogen) atoms. The number of carbonyl (C=O) groups excluding carboxylic acids is 1. The van der Waals surface area contributed by atoms with Gasteiger partial charge in [-0.2, -0.15) is 0 Å². The monoisotopic (exact) mass is 248 g/mol. The van der Waals surface area contributed by atoms with E-state index in [1.54, 1.807) is 7.11 Å². The molecule has 4 nitrogen and oxygen atoms in total. The maximum absolute atomic E-state index is 12.2. The number of benzene rings is 1. The summed E-state index contributed by atoms with van der Waals surface area (Å²) in [4.78, 5) is 12.2. The quantitative estimate of drug-likeness (QED) is 0.797. The van der Waals surface area contributed by atoms with Crippen LogP contribution in [0.1, 0.15) is 28.8 Å². The maximum atomic E-state index is 12.2. The first-order chi connectivity index (χ1) is 8.76. The number of nitrogens with two attached hydrogens (primary N) is 1. The Hall–Kier alpha value is -1.39. The normalized spacial score (nSPS) is 16.3. The van der Waals surface area contributed by atoms with Gasteiger partial charge in [0, 0.05) is 25.3 Å². The van der Waals surface area contributed by atoms with Crippen LogP contribution in [-0.2, 0) is 11.3 Å². The van der Waals surface area contributed by atoms with Crippen LogP contribution in [0, 0.1) is 5.92 Å². The van der Waals surface area contributed by atoms with E-state index in [2.05, 4.69) is 5.32 Å². The Bertz CT molecular complexity index is 416. The van der Waals surface area contributed by atoms with Crippen molar-refractivity contribution in [2.24, 2.45) is 11.7 Å². The summed E-state index contributed by atoms with van der Waals surface area (Å²) in [5.74, 6) is 0.513. The zero-order valence-electron chi connectivity index (χ0n) is 10.7. The van der Waals surface area contributed by atoms with E-state index >= 15 is 0 Å². The first kappa shape index (κ1) is 13.1. The molecule has 4 heteroatoms. The molecule has 1 fully saturated rings. The maximum Gasteiger partial charge on any atom is 0.251 e. The van der Waals surface area contributed by atoms with Crippen LogP contribution in [-0.4, -0.2) is 25.6 Å². The third-order valence-electron chi connectivity index (χ3n) is 3.32. The van der Waals surface area contributed by atoms with Gasteiger partial charge in [0.1, 0.15) is 0 Å². The van der Waals surface area contributed by atoms with E-state index in [1.165, 1.54) is 12.8 Å². The van der Waals surface area contributed by atoms with Gasteiger partial charge in [-0.3, -0.25) is 4.79 Å². The Kier molecular flexibility index (Phi) is 4.33. The molecule has 98 valence electrons. The average Bonchev–Trinajstić information content (AvgIpc) is 3.21. The van der Waals surface area contributed by atoms with Crippen molar-refractivity contribution in [1.82, 2.24) is 5.32 Å². The number of hydrogen-bond acceptors (Lipinski definition) is 3. The van der Waals surface area contributed by atoms with Crippen molar-refractivity contribution in [3.63, 3.8) is 0 Å². The molecule has 1 aromatic rings. The highest BCUT2D eigenvalue weighted by atomic mass is 16.5. The van der Waals surface area contributed by atoms with Gasteiger partial charge >= 0.3 is 0 Å². The number of rotatable bonds is 6. The Morgan fingerprint density at radius 3 is 2.83 bits per heavy atom. The lowest BCUT2D eigenvalue weighted by Crippen LogP contribution is -2.42. The Morgan fingerprint density at radius 2 is 2.22 bits per heavy atom. The molecular formula is C14H20N2O2. The molecule has 0 heterocycles. The first-order valence-corrected chi connectivity index (χ1v) is 6.34. The molecule has 0 bridgehead atoms. The summed E-state index contributed by atoms with van der Waals surface area (Å²) in [6.45, 7) is 0.948. The summed E-state index contributed by atoms with van der Waals surface area (Å²) in [6, 6.07) is 7.61. The molecule has 1 saturated carbocycles. The van der Waals surface area contributed by atoms with E-state index in [4.69, 9.17) is 10.5 Å². The highest BCUT2D eigenvalue weighted by Crippen LogP contribution is 2.32. The molecule has 0 aromatic heterocycles. The number of amides is 1. The first-order valence-electron chi connectivity index (χ1n) is 6.34. The van der Waals surface area contributed by atoms with E-state index in [0.29, 0.717) is 24.6 Å². The van der Waals surface area contributed by atoms with Crippen molar-refractivity contribution in [3.8, 4) is 0 Å². The number of hydrogen-bond donors (Lipinski definition) is 2. The summed E-state index contributed by atoms with van der Waals surface area (Å²) in [7, 11) is 1.63. The van der Waals surface area contributed by atoms with Gasteiger partial charge in [0.15, 0.2) is 0 Å². The van der Waals surface area contributed by atoms with Gasteiger partial charge in [-0.05, 0) is 30.4 Å². The van der Waals surface area contributed by atoms with Gasteiger partial charge < -0.3 is 15.8 Å². The van der Waals surface area contributed by atoms with E-state index in [0.717, 1.165) is 5.56 Å². The highest BCUT2D eigenvalue weighted by Gasteiger charge is 2.31. The number of carbonyl (C=O) groups is 1. The zero-order chi connectivity index (χ0) is 13.0. The fourth-order valence-corrected chi connectivity index (χ4v) is 2.14. The minimum atomic E-state index is -0.0509. The minimum Gasteiger partial charge on any atom is -0.380 e. The van der Waals surface area contributed by atoms with Crippen LogP contribution in [0.5, 0.6) is 0 Å². The van der Waals surface area contributed by atoms with Crippen molar-refractivity contribution in [1.29, 1.82) is 0 Å². The van der Waals surface area contributed by atoms with Gasteiger partial charge in [-0.15, -0.1) is 0 Å². The molecule has 3 N–H and O–H groups in total. The van der Waals surface area contributed by atoms with Crippen molar-refractivity contribution in [2.75, 3.05) is 13.7 Å².